The van der Waals surface area contributed by atoms with Crippen molar-refractivity contribution in [3.8, 4) is 5.69 Å². The lowest BCUT2D eigenvalue weighted by atomic mass is 10.1. The number of rotatable bonds is 4. The number of hydrogen-bond donors (Lipinski definition) is 2. The zero-order chi connectivity index (χ0) is 22.0. The van der Waals surface area contributed by atoms with Crippen LogP contribution >= 0.6 is 0 Å². The number of halogens is 3. The van der Waals surface area contributed by atoms with E-state index in [0.717, 1.165) is 41.3 Å². The molecule has 1 aliphatic rings. The van der Waals surface area contributed by atoms with E-state index >= 15 is 0 Å². The fourth-order valence-electron chi connectivity index (χ4n) is 3.88. The van der Waals surface area contributed by atoms with Crippen LogP contribution in [0, 0.1) is 0 Å². The van der Waals surface area contributed by atoms with Gasteiger partial charge >= 0.3 is 6.18 Å². The van der Waals surface area contributed by atoms with Gasteiger partial charge < -0.3 is 10.4 Å². The van der Waals surface area contributed by atoms with Crippen LogP contribution < -0.4 is 5.32 Å². The number of alkyl halides is 3. The van der Waals surface area contributed by atoms with Gasteiger partial charge in [0.05, 0.1) is 23.2 Å². The SMILES string of the molecule is Cn1cc2c3cc(C(=O)NC4(CO)CC4)ccc3n(-c3ccc(C(F)(F)F)cc3)c2n1. The molecular formula is C22H19F3N4O2. The third-order valence-corrected chi connectivity index (χ3v) is 5.80. The van der Waals surface area contributed by atoms with Gasteiger partial charge in [-0.15, -0.1) is 0 Å². The third-order valence-electron chi connectivity index (χ3n) is 5.80. The number of aryl methyl sites for hydroxylation is 1. The average Bonchev–Trinajstić information content (AvgIpc) is 3.31. The van der Waals surface area contributed by atoms with Crippen LogP contribution in [0.25, 0.3) is 27.6 Å². The average molecular weight is 428 g/mol. The molecule has 1 aliphatic carbocycles. The van der Waals surface area contributed by atoms with E-state index < -0.39 is 17.3 Å². The number of amides is 1. The molecule has 0 aliphatic heterocycles. The fourth-order valence-corrected chi connectivity index (χ4v) is 3.88. The Morgan fingerprint density at radius 1 is 1.16 bits per heavy atom. The molecule has 0 spiro atoms. The number of carbonyl (C=O) groups excluding carboxylic acids is 1. The Morgan fingerprint density at radius 2 is 1.87 bits per heavy atom. The lowest BCUT2D eigenvalue weighted by molar-refractivity contribution is -0.137. The van der Waals surface area contributed by atoms with Gasteiger partial charge in [0.15, 0.2) is 5.65 Å². The smallest absolute Gasteiger partial charge is 0.394 e. The molecule has 0 saturated heterocycles. The second kappa shape index (κ2) is 6.58. The van der Waals surface area contributed by atoms with Gasteiger partial charge in [-0.3, -0.25) is 14.0 Å². The number of hydrogen-bond acceptors (Lipinski definition) is 3. The Labute approximate surface area is 174 Å². The zero-order valence-electron chi connectivity index (χ0n) is 16.6. The number of fused-ring (bicyclic) bond motifs is 3. The van der Waals surface area contributed by atoms with E-state index in [4.69, 9.17) is 0 Å². The van der Waals surface area contributed by atoms with E-state index in [9.17, 15) is 23.1 Å². The molecule has 0 atom stereocenters. The summed E-state index contributed by atoms with van der Waals surface area (Å²) in [5.74, 6) is -0.271. The maximum Gasteiger partial charge on any atom is 0.416 e. The van der Waals surface area contributed by atoms with Crippen molar-refractivity contribution >= 4 is 27.8 Å². The topological polar surface area (TPSA) is 72.1 Å². The molecule has 6 nitrogen and oxygen atoms in total. The zero-order valence-corrected chi connectivity index (χ0v) is 16.6. The number of nitrogens with one attached hydrogen (secondary N) is 1. The summed E-state index contributed by atoms with van der Waals surface area (Å²) >= 11 is 0. The van der Waals surface area contributed by atoms with Gasteiger partial charge in [0, 0.05) is 35.3 Å². The fraction of sp³-hybridized carbons (Fsp3) is 0.273. The molecule has 0 radical (unpaired) electrons. The predicted molar refractivity (Wildman–Crippen MR) is 109 cm³/mol. The van der Waals surface area contributed by atoms with Gasteiger partial charge in [0.1, 0.15) is 0 Å². The molecule has 160 valence electrons. The number of aliphatic hydroxyl groups excluding tert-OH is 1. The van der Waals surface area contributed by atoms with Gasteiger partial charge in [-0.05, 0) is 55.3 Å². The van der Waals surface area contributed by atoms with Crippen molar-refractivity contribution in [1.29, 1.82) is 0 Å². The summed E-state index contributed by atoms with van der Waals surface area (Å²) in [6.07, 6.45) is -1.10. The summed E-state index contributed by atoms with van der Waals surface area (Å²) in [6.45, 7) is -0.0991. The second-order valence-corrected chi connectivity index (χ2v) is 8.04. The lowest BCUT2D eigenvalue weighted by Crippen LogP contribution is -2.39. The van der Waals surface area contributed by atoms with E-state index in [1.165, 1.54) is 12.1 Å². The van der Waals surface area contributed by atoms with Crippen molar-refractivity contribution in [2.24, 2.45) is 7.05 Å². The van der Waals surface area contributed by atoms with Crippen LogP contribution in [0.4, 0.5) is 13.2 Å². The normalized spacial score (nSPS) is 15.5. The van der Waals surface area contributed by atoms with Gasteiger partial charge in [0.2, 0.25) is 0 Å². The first-order valence-electron chi connectivity index (χ1n) is 9.80. The van der Waals surface area contributed by atoms with Crippen molar-refractivity contribution in [2.75, 3.05) is 6.61 Å². The van der Waals surface area contributed by atoms with Gasteiger partial charge in [-0.1, -0.05) is 0 Å². The first-order valence-corrected chi connectivity index (χ1v) is 9.80. The van der Waals surface area contributed by atoms with E-state index in [0.29, 0.717) is 16.9 Å². The van der Waals surface area contributed by atoms with Crippen LogP contribution in [0.3, 0.4) is 0 Å². The summed E-state index contributed by atoms with van der Waals surface area (Å²) in [5.41, 5.74) is 1.06. The van der Waals surface area contributed by atoms with Crippen LogP contribution in [0.2, 0.25) is 0 Å². The Morgan fingerprint density at radius 3 is 2.48 bits per heavy atom. The highest BCUT2D eigenvalue weighted by Gasteiger charge is 2.43. The summed E-state index contributed by atoms with van der Waals surface area (Å²) in [7, 11) is 1.76. The molecule has 2 heterocycles. The largest absolute Gasteiger partial charge is 0.416 e. The molecule has 4 aromatic rings. The first-order chi connectivity index (χ1) is 14.7. The number of nitrogens with zero attached hydrogens (tertiary/aromatic N) is 3. The van der Waals surface area contributed by atoms with Crippen molar-refractivity contribution in [3.63, 3.8) is 0 Å². The maximum absolute atomic E-state index is 13.0. The Kier molecular flexibility index (Phi) is 4.17. The minimum Gasteiger partial charge on any atom is -0.394 e. The number of aromatic nitrogens is 3. The number of carbonyl (C=O) groups is 1. The summed E-state index contributed by atoms with van der Waals surface area (Å²) < 4.78 is 42.3. The summed E-state index contributed by atoms with van der Waals surface area (Å²) in [6, 6.07) is 10.1. The van der Waals surface area contributed by atoms with Gasteiger partial charge in [0.25, 0.3) is 5.91 Å². The Hall–Kier alpha value is -3.33. The molecular weight excluding hydrogens is 409 g/mol. The molecule has 1 saturated carbocycles. The molecule has 9 heteroatoms. The monoisotopic (exact) mass is 428 g/mol. The minimum absolute atomic E-state index is 0.0991. The van der Waals surface area contributed by atoms with Crippen molar-refractivity contribution in [2.45, 2.75) is 24.6 Å². The van der Waals surface area contributed by atoms with Crippen LogP contribution in [0.5, 0.6) is 0 Å². The van der Waals surface area contributed by atoms with Gasteiger partial charge in [-0.25, -0.2) is 0 Å². The Bertz CT molecular complexity index is 1310. The molecule has 0 unspecified atom stereocenters. The predicted octanol–water partition coefficient (Wildman–Crippen LogP) is 3.79. The quantitative estimate of drug-likeness (QED) is 0.520. The van der Waals surface area contributed by atoms with Crippen molar-refractivity contribution < 1.29 is 23.1 Å². The van der Waals surface area contributed by atoms with E-state index in [2.05, 4.69) is 10.4 Å². The Balaban J connectivity index is 1.62. The van der Waals surface area contributed by atoms with E-state index in [1.807, 2.05) is 6.20 Å². The van der Waals surface area contributed by atoms with E-state index in [-0.39, 0.29) is 12.5 Å². The molecule has 2 aromatic carbocycles. The second-order valence-electron chi connectivity index (χ2n) is 8.04. The van der Waals surface area contributed by atoms with Gasteiger partial charge in [-0.2, -0.15) is 18.3 Å². The first kappa shape index (κ1) is 19.6. The van der Waals surface area contributed by atoms with E-state index in [1.54, 1.807) is 34.5 Å². The molecule has 1 amide bonds. The van der Waals surface area contributed by atoms with Crippen molar-refractivity contribution in [1.82, 2.24) is 19.7 Å². The number of aliphatic hydroxyl groups is 1. The molecule has 0 bridgehead atoms. The molecule has 2 aromatic heterocycles. The third kappa shape index (κ3) is 3.25. The molecule has 2 N–H and O–H groups in total. The molecule has 31 heavy (non-hydrogen) atoms. The van der Waals surface area contributed by atoms with Crippen LogP contribution in [-0.2, 0) is 13.2 Å². The van der Waals surface area contributed by atoms with Crippen molar-refractivity contribution in [3.05, 3.63) is 59.8 Å². The summed E-state index contributed by atoms with van der Waals surface area (Å²) in [5, 5.41) is 18.4. The maximum atomic E-state index is 13.0. The lowest BCUT2D eigenvalue weighted by Gasteiger charge is -2.14. The standard InChI is InChI=1S/C22H19F3N4O2/c1-28-11-17-16-10-13(20(31)26-21(12-30)8-9-21)2-7-18(16)29(19(17)27-28)15-5-3-14(4-6-15)22(23,24)25/h2-7,10-11,30H,8-9,12H2,1H3,(H,26,31). The summed E-state index contributed by atoms with van der Waals surface area (Å²) in [4.78, 5) is 12.7. The van der Waals surface area contributed by atoms with Crippen LogP contribution in [0.1, 0.15) is 28.8 Å². The van der Waals surface area contributed by atoms with Crippen LogP contribution in [0.15, 0.2) is 48.7 Å². The number of benzene rings is 2. The minimum atomic E-state index is -4.41. The highest BCUT2D eigenvalue weighted by atomic mass is 19.4. The highest BCUT2D eigenvalue weighted by Crippen LogP contribution is 2.36. The van der Waals surface area contributed by atoms with Crippen LogP contribution in [-0.4, -0.2) is 37.5 Å². The molecule has 1 fully saturated rings. The molecule has 5 rings (SSSR count). The highest BCUT2D eigenvalue weighted by molar-refractivity contribution is 6.10.